The third-order valence-corrected chi connectivity index (χ3v) is 6.02. The molecule has 0 unspecified atom stereocenters. The number of nitrogens with two attached hydrogens (primary N) is 1. The monoisotopic (exact) mass is 450 g/mol. The van der Waals surface area contributed by atoms with Gasteiger partial charge in [0.2, 0.25) is 5.03 Å². The van der Waals surface area contributed by atoms with E-state index < -0.39 is 10.0 Å². The number of sulfonamides is 1. The summed E-state index contributed by atoms with van der Waals surface area (Å²) in [6, 6.07) is 5.19. The Morgan fingerprint density at radius 3 is 2.86 bits per heavy atom. The second-order valence-corrected chi connectivity index (χ2v) is 8.33. The molecular formula is C11H8Br2N4O2S2. The van der Waals surface area contributed by atoms with Gasteiger partial charge in [0.15, 0.2) is 10.8 Å². The van der Waals surface area contributed by atoms with Gasteiger partial charge in [0.1, 0.15) is 0 Å². The van der Waals surface area contributed by atoms with E-state index in [2.05, 4.69) is 41.6 Å². The van der Waals surface area contributed by atoms with E-state index in [9.17, 15) is 8.42 Å². The molecule has 2 aromatic heterocycles. The molecule has 2 heterocycles. The molecule has 0 aliphatic heterocycles. The van der Waals surface area contributed by atoms with Crippen LogP contribution >= 0.6 is 43.2 Å². The van der Waals surface area contributed by atoms with Crippen molar-refractivity contribution in [3.8, 4) is 0 Å². The molecule has 0 aliphatic rings. The van der Waals surface area contributed by atoms with Gasteiger partial charge in [-0.1, -0.05) is 15.9 Å². The average Bonchev–Trinajstić information content (AvgIpc) is 2.92. The van der Waals surface area contributed by atoms with E-state index in [1.54, 1.807) is 29.8 Å². The molecule has 0 spiro atoms. The second-order valence-electron chi connectivity index (χ2n) is 4.09. The van der Waals surface area contributed by atoms with E-state index in [1.807, 2.05) is 0 Å². The van der Waals surface area contributed by atoms with Crippen LogP contribution in [-0.2, 0) is 10.0 Å². The Kier molecular flexibility index (Phi) is 3.72. The summed E-state index contributed by atoms with van der Waals surface area (Å²) >= 11 is 7.93. The number of thiazole rings is 1. The number of rotatable bonds is 3. The molecule has 10 heteroatoms. The smallest absolute Gasteiger partial charge is 0.281 e. The van der Waals surface area contributed by atoms with Crippen molar-refractivity contribution in [2.45, 2.75) is 5.03 Å². The first-order valence-corrected chi connectivity index (χ1v) is 9.52. The van der Waals surface area contributed by atoms with Crippen molar-refractivity contribution in [2.24, 2.45) is 0 Å². The first-order chi connectivity index (χ1) is 9.88. The number of nitrogens with zero attached hydrogens (tertiary/aromatic N) is 2. The summed E-state index contributed by atoms with van der Waals surface area (Å²) in [4.78, 5) is 4.57. The predicted molar refractivity (Wildman–Crippen MR) is 90.1 cm³/mol. The maximum Gasteiger partial charge on any atom is 0.281 e. The van der Waals surface area contributed by atoms with Crippen molar-refractivity contribution in [3.05, 3.63) is 38.7 Å². The Morgan fingerprint density at radius 1 is 1.33 bits per heavy atom. The zero-order valence-corrected chi connectivity index (χ0v) is 15.1. The van der Waals surface area contributed by atoms with Gasteiger partial charge in [-0.3, -0.25) is 9.12 Å². The topological polar surface area (TPSA) is 89.5 Å². The SMILES string of the molecule is Nc1nc2sccn2c1S(=O)(=O)Nc1cc(Br)ccc1Br. The molecule has 0 saturated heterocycles. The van der Waals surface area contributed by atoms with E-state index in [4.69, 9.17) is 5.73 Å². The third-order valence-electron chi connectivity index (χ3n) is 2.67. The molecule has 3 N–H and O–H groups in total. The molecule has 3 rings (SSSR count). The molecule has 0 aliphatic carbocycles. The number of hydrogen-bond acceptors (Lipinski definition) is 5. The minimum atomic E-state index is -3.86. The molecule has 3 aromatic rings. The predicted octanol–water partition coefficient (Wildman–Crippen LogP) is 3.30. The number of nitrogens with one attached hydrogen (secondary N) is 1. The second kappa shape index (κ2) is 5.27. The molecule has 21 heavy (non-hydrogen) atoms. The lowest BCUT2D eigenvalue weighted by atomic mass is 10.3. The number of fused-ring (bicyclic) bond motifs is 1. The lowest BCUT2D eigenvalue weighted by Crippen LogP contribution is -2.16. The fourth-order valence-corrected chi connectivity index (χ4v) is 4.72. The van der Waals surface area contributed by atoms with E-state index >= 15 is 0 Å². The molecule has 0 amide bonds. The maximum atomic E-state index is 12.6. The molecule has 0 radical (unpaired) electrons. The van der Waals surface area contributed by atoms with Crippen LogP contribution in [0.1, 0.15) is 0 Å². The van der Waals surface area contributed by atoms with E-state index in [1.165, 1.54) is 15.7 Å². The largest absolute Gasteiger partial charge is 0.381 e. The van der Waals surface area contributed by atoms with Crippen LogP contribution in [0.4, 0.5) is 11.5 Å². The highest BCUT2D eigenvalue weighted by Gasteiger charge is 2.25. The lowest BCUT2D eigenvalue weighted by Gasteiger charge is -2.10. The van der Waals surface area contributed by atoms with Crippen LogP contribution in [0.2, 0.25) is 0 Å². The summed E-state index contributed by atoms with van der Waals surface area (Å²) in [5, 5.41) is 1.68. The Balaban J connectivity index is 2.10. The van der Waals surface area contributed by atoms with Crippen molar-refractivity contribution in [1.29, 1.82) is 0 Å². The van der Waals surface area contributed by atoms with Crippen LogP contribution in [-0.4, -0.2) is 17.8 Å². The van der Waals surface area contributed by atoms with Crippen LogP contribution in [0, 0.1) is 0 Å². The molecule has 110 valence electrons. The summed E-state index contributed by atoms with van der Waals surface area (Å²) in [6.07, 6.45) is 1.62. The maximum absolute atomic E-state index is 12.6. The number of hydrogen-bond donors (Lipinski definition) is 2. The standard InChI is InChI=1S/C11H8Br2N4O2S2/c12-6-1-2-7(13)8(5-6)16-21(18,19)10-9(14)15-11-17(10)3-4-20-11/h1-5,16H,14H2. The van der Waals surface area contributed by atoms with Crippen molar-refractivity contribution >= 4 is 69.7 Å². The zero-order chi connectivity index (χ0) is 15.2. The fourth-order valence-electron chi connectivity index (χ4n) is 1.82. The number of imidazole rings is 1. The molecular weight excluding hydrogens is 444 g/mol. The normalized spacial score (nSPS) is 11.9. The van der Waals surface area contributed by atoms with Crippen molar-refractivity contribution in [3.63, 3.8) is 0 Å². The average molecular weight is 452 g/mol. The van der Waals surface area contributed by atoms with Gasteiger partial charge in [0, 0.05) is 20.5 Å². The highest BCUT2D eigenvalue weighted by molar-refractivity contribution is 9.11. The molecule has 0 bridgehead atoms. The van der Waals surface area contributed by atoms with Gasteiger partial charge in [0.05, 0.1) is 5.69 Å². The molecule has 0 saturated carbocycles. The van der Waals surface area contributed by atoms with Crippen LogP contribution in [0.15, 0.2) is 43.7 Å². The summed E-state index contributed by atoms with van der Waals surface area (Å²) in [5.74, 6) is -0.0273. The third kappa shape index (κ3) is 2.68. The van der Waals surface area contributed by atoms with Gasteiger partial charge < -0.3 is 5.73 Å². The van der Waals surface area contributed by atoms with Crippen LogP contribution in [0.3, 0.4) is 0 Å². The summed E-state index contributed by atoms with van der Waals surface area (Å²) < 4.78 is 30.5. The molecule has 6 nitrogen and oxygen atoms in total. The number of benzene rings is 1. The first kappa shape index (κ1) is 14.8. The van der Waals surface area contributed by atoms with Gasteiger partial charge >= 0.3 is 0 Å². The Morgan fingerprint density at radius 2 is 2.10 bits per heavy atom. The fraction of sp³-hybridized carbons (Fsp3) is 0. The summed E-state index contributed by atoms with van der Waals surface area (Å²) in [6.45, 7) is 0. The molecule has 0 fully saturated rings. The van der Waals surface area contributed by atoms with Gasteiger partial charge in [-0.15, -0.1) is 11.3 Å². The van der Waals surface area contributed by atoms with E-state index in [0.29, 0.717) is 15.1 Å². The lowest BCUT2D eigenvalue weighted by molar-refractivity contribution is 0.597. The van der Waals surface area contributed by atoms with Crippen LogP contribution in [0.25, 0.3) is 4.96 Å². The molecule has 1 aromatic carbocycles. The van der Waals surface area contributed by atoms with Crippen molar-refractivity contribution < 1.29 is 8.42 Å². The number of anilines is 2. The minimum Gasteiger partial charge on any atom is -0.381 e. The van der Waals surface area contributed by atoms with Gasteiger partial charge in [-0.25, -0.2) is 4.98 Å². The summed E-state index contributed by atoms with van der Waals surface area (Å²) in [5.41, 5.74) is 6.15. The zero-order valence-electron chi connectivity index (χ0n) is 10.2. The number of nitrogen functional groups attached to an aromatic ring is 1. The van der Waals surface area contributed by atoms with Crippen LogP contribution < -0.4 is 10.5 Å². The first-order valence-electron chi connectivity index (χ1n) is 5.57. The quantitative estimate of drug-likeness (QED) is 0.639. The summed E-state index contributed by atoms with van der Waals surface area (Å²) in [7, 11) is -3.86. The van der Waals surface area contributed by atoms with Gasteiger partial charge in [-0.2, -0.15) is 8.42 Å². The number of halogens is 2. The number of aromatic nitrogens is 2. The van der Waals surface area contributed by atoms with Gasteiger partial charge in [0.25, 0.3) is 10.0 Å². The van der Waals surface area contributed by atoms with Crippen molar-refractivity contribution in [1.82, 2.24) is 9.38 Å². The Hall–Kier alpha value is -1.10. The highest BCUT2D eigenvalue weighted by Crippen LogP contribution is 2.30. The van der Waals surface area contributed by atoms with Crippen molar-refractivity contribution in [2.75, 3.05) is 10.5 Å². The Labute approximate surface area is 141 Å². The molecule has 0 atom stereocenters. The van der Waals surface area contributed by atoms with E-state index in [0.717, 1.165) is 4.47 Å². The van der Waals surface area contributed by atoms with Gasteiger partial charge in [-0.05, 0) is 34.1 Å². The van der Waals surface area contributed by atoms with Crippen LogP contribution in [0.5, 0.6) is 0 Å². The Bertz CT molecular complexity index is 933. The van der Waals surface area contributed by atoms with E-state index in [-0.39, 0.29) is 10.8 Å². The highest BCUT2D eigenvalue weighted by atomic mass is 79.9. The minimum absolute atomic E-state index is 0.0273.